The van der Waals surface area contributed by atoms with E-state index in [0.29, 0.717) is 5.69 Å². The van der Waals surface area contributed by atoms with Gasteiger partial charge in [-0.3, -0.25) is 4.31 Å². The third-order valence-electron chi connectivity index (χ3n) is 4.72. The average Bonchev–Trinajstić information content (AvgIpc) is 2.67. The fraction of sp³-hybridized carbons (Fsp3) is 0.182. The molecule has 6 heteroatoms. The molecule has 0 atom stereocenters. The van der Waals surface area contributed by atoms with Crippen LogP contribution in [0.15, 0.2) is 71.6 Å². The van der Waals surface area contributed by atoms with Crippen molar-refractivity contribution in [1.29, 1.82) is 0 Å². The van der Waals surface area contributed by atoms with Gasteiger partial charge in [-0.25, -0.2) is 12.8 Å². The van der Waals surface area contributed by atoms with Crippen molar-refractivity contribution in [2.75, 3.05) is 30.3 Å². The monoisotopic (exact) mass is 398 g/mol. The lowest BCUT2D eigenvalue weighted by Gasteiger charge is -2.21. The van der Waals surface area contributed by atoms with Crippen molar-refractivity contribution < 1.29 is 12.8 Å². The van der Waals surface area contributed by atoms with Crippen molar-refractivity contribution >= 4 is 21.4 Å². The molecule has 0 amide bonds. The third kappa shape index (κ3) is 3.87. The summed E-state index contributed by atoms with van der Waals surface area (Å²) >= 11 is 0. The molecule has 3 aromatic rings. The Morgan fingerprint density at radius 1 is 0.821 bits per heavy atom. The number of aryl methyl sites for hydroxylation is 1. The molecule has 0 unspecified atom stereocenters. The zero-order valence-corrected chi connectivity index (χ0v) is 17.2. The molecule has 0 spiro atoms. The first-order chi connectivity index (χ1) is 13.2. The quantitative estimate of drug-likeness (QED) is 0.626. The first-order valence-electron chi connectivity index (χ1n) is 8.83. The van der Waals surface area contributed by atoms with Gasteiger partial charge in [-0.2, -0.15) is 0 Å². The number of benzene rings is 3. The van der Waals surface area contributed by atoms with Gasteiger partial charge >= 0.3 is 0 Å². The first-order valence-corrected chi connectivity index (χ1v) is 10.3. The highest BCUT2D eigenvalue weighted by Gasteiger charge is 2.22. The maximum atomic E-state index is 13.4. The van der Waals surface area contributed by atoms with E-state index in [2.05, 4.69) is 0 Å². The van der Waals surface area contributed by atoms with Crippen LogP contribution in [0.25, 0.3) is 11.1 Å². The Kier molecular flexibility index (Phi) is 5.42. The Morgan fingerprint density at radius 2 is 1.46 bits per heavy atom. The summed E-state index contributed by atoms with van der Waals surface area (Å²) in [5, 5.41) is 0. The fourth-order valence-corrected chi connectivity index (χ4v) is 4.27. The third-order valence-corrected chi connectivity index (χ3v) is 6.50. The highest BCUT2D eigenvalue weighted by atomic mass is 32.2. The van der Waals surface area contributed by atoms with Gasteiger partial charge in [0.25, 0.3) is 10.0 Å². The number of nitrogens with zero attached hydrogens (tertiary/aromatic N) is 2. The van der Waals surface area contributed by atoms with E-state index in [4.69, 9.17) is 0 Å². The summed E-state index contributed by atoms with van der Waals surface area (Å²) in [4.78, 5) is 2.14. The topological polar surface area (TPSA) is 40.6 Å². The Morgan fingerprint density at radius 3 is 2.07 bits per heavy atom. The molecule has 0 aliphatic carbocycles. The fourth-order valence-electron chi connectivity index (χ4n) is 3.03. The second-order valence-electron chi connectivity index (χ2n) is 6.87. The van der Waals surface area contributed by atoms with Gasteiger partial charge in [0.2, 0.25) is 0 Å². The van der Waals surface area contributed by atoms with Gasteiger partial charge in [-0.1, -0.05) is 18.2 Å². The Hall–Kier alpha value is -2.86. The molecule has 0 saturated heterocycles. The van der Waals surface area contributed by atoms with E-state index in [0.717, 1.165) is 22.4 Å². The predicted octanol–water partition coefficient (Wildman–Crippen LogP) is 4.69. The van der Waals surface area contributed by atoms with Gasteiger partial charge in [0.1, 0.15) is 5.82 Å². The van der Waals surface area contributed by atoms with Crippen LogP contribution >= 0.6 is 0 Å². The summed E-state index contributed by atoms with van der Waals surface area (Å²) in [5.74, 6) is -0.314. The Labute approximate surface area is 165 Å². The minimum Gasteiger partial charge on any atom is -0.378 e. The number of halogens is 1. The molecule has 0 bridgehead atoms. The molecule has 0 aliphatic heterocycles. The van der Waals surface area contributed by atoms with Crippen LogP contribution in [-0.4, -0.2) is 29.6 Å². The van der Waals surface area contributed by atoms with Crippen molar-refractivity contribution in [3.05, 3.63) is 78.1 Å². The number of sulfonamides is 1. The van der Waals surface area contributed by atoms with E-state index in [1.165, 1.54) is 23.5 Å². The zero-order chi connectivity index (χ0) is 20.5. The maximum Gasteiger partial charge on any atom is 0.264 e. The molecule has 3 aromatic carbocycles. The summed E-state index contributed by atoms with van der Waals surface area (Å²) < 4.78 is 40.9. The Balaban J connectivity index is 1.97. The van der Waals surface area contributed by atoms with E-state index in [1.54, 1.807) is 43.3 Å². The van der Waals surface area contributed by atoms with Crippen LogP contribution in [0.5, 0.6) is 0 Å². The van der Waals surface area contributed by atoms with Crippen molar-refractivity contribution in [3.8, 4) is 11.1 Å². The lowest BCUT2D eigenvalue weighted by molar-refractivity contribution is 0.594. The maximum absolute atomic E-state index is 13.4. The molecule has 0 saturated carbocycles. The molecule has 0 N–H and O–H groups in total. The summed E-state index contributed by atoms with van der Waals surface area (Å²) in [6, 6.07) is 18.5. The van der Waals surface area contributed by atoms with Crippen LogP contribution in [0.1, 0.15) is 5.56 Å². The van der Waals surface area contributed by atoms with Crippen LogP contribution in [0.3, 0.4) is 0 Å². The number of anilines is 2. The van der Waals surface area contributed by atoms with Crippen molar-refractivity contribution in [2.24, 2.45) is 0 Å². The molecule has 4 nitrogen and oxygen atoms in total. The summed E-state index contributed by atoms with van der Waals surface area (Å²) in [6.45, 7) is 1.80. The number of hydrogen-bond donors (Lipinski definition) is 0. The van der Waals surface area contributed by atoms with E-state index >= 15 is 0 Å². The van der Waals surface area contributed by atoms with Crippen molar-refractivity contribution in [3.63, 3.8) is 0 Å². The molecule has 0 fully saturated rings. The molecule has 0 aromatic heterocycles. The highest BCUT2D eigenvalue weighted by Crippen LogP contribution is 2.29. The predicted molar refractivity (Wildman–Crippen MR) is 113 cm³/mol. The molecule has 146 valence electrons. The average molecular weight is 399 g/mol. The summed E-state index contributed by atoms with van der Waals surface area (Å²) in [6.07, 6.45) is 0. The smallest absolute Gasteiger partial charge is 0.264 e. The van der Waals surface area contributed by atoms with E-state index in [-0.39, 0.29) is 10.7 Å². The lowest BCUT2D eigenvalue weighted by atomic mass is 10.0. The standard InChI is InChI=1S/C22H23FN2O2S/c1-16-14-18(23)8-13-22(16)17-6-5-7-21(15-17)28(26,27)25(4)20-11-9-19(10-12-20)24(2)3/h5-15H,1-4H3. The number of rotatable bonds is 5. The molecular formula is C22H23FN2O2S. The minimum absolute atomic E-state index is 0.188. The van der Waals surface area contributed by atoms with E-state index < -0.39 is 10.0 Å². The Bertz CT molecular complexity index is 1090. The van der Waals surface area contributed by atoms with Crippen molar-refractivity contribution in [1.82, 2.24) is 0 Å². The van der Waals surface area contributed by atoms with Gasteiger partial charge in [-0.15, -0.1) is 0 Å². The highest BCUT2D eigenvalue weighted by molar-refractivity contribution is 7.92. The van der Waals surface area contributed by atoms with Crippen LogP contribution in [0, 0.1) is 12.7 Å². The second-order valence-corrected chi connectivity index (χ2v) is 8.84. The van der Waals surface area contributed by atoms with E-state index in [1.807, 2.05) is 37.2 Å². The zero-order valence-electron chi connectivity index (χ0n) is 16.3. The first kappa shape index (κ1) is 19.9. The van der Waals surface area contributed by atoms with Gasteiger partial charge in [0, 0.05) is 26.8 Å². The molecule has 3 rings (SSSR count). The molecule has 0 aliphatic rings. The second kappa shape index (κ2) is 7.64. The van der Waals surface area contributed by atoms with Crippen LogP contribution in [-0.2, 0) is 10.0 Å². The SMILES string of the molecule is Cc1cc(F)ccc1-c1cccc(S(=O)(=O)N(C)c2ccc(N(C)C)cc2)c1. The van der Waals surface area contributed by atoms with Gasteiger partial charge in [0.05, 0.1) is 10.6 Å². The van der Waals surface area contributed by atoms with Gasteiger partial charge < -0.3 is 4.90 Å². The van der Waals surface area contributed by atoms with E-state index in [9.17, 15) is 12.8 Å². The summed E-state index contributed by atoms with van der Waals surface area (Å²) in [7, 11) is 1.66. The molecule has 0 heterocycles. The van der Waals surface area contributed by atoms with Crippen LogP contribution in [0.4, 0.5) is 15.8 Å². The molecule has 28 heavy (non-hydrogen) atoms. The largest absolute Gasteiger partial charge is 0.378 e. The minimum atomic E-state index is -3.73. The summed E-state index contributed by atoms with van der Waals surface area (Å²) in [5.41, 5.74) is 3.85. The lowest BCUT2D eigenvalue weighted by Crippen LogP contribution is -2.26. The van der Waals surface area contributed by atoms with Crippen molar-refractivity contribution in [2.45, 2.75) is 11.8 Å². The number of hydrogen-bond acceptors (Lipinski definition) is 3. The normalized spacial score (nSPS) is 11.3. The van der Waals surface area contributed by atoms with Gasteiger partial charge in [0.15, 0.2) is 0 Å². The van der Waals surface area contributed by atoms with Gasteiger partial charge in [-0.05, 0) is 72.1 Å². The van der Waals surface area contributed by atoms with Crippen LogP contribution < -0.4 is 9.21 Å². The molecule has 0 radical (unpaired) electrons. The molecular weight excluding hydrogens is 375 g/mol. The van der Waals surface area contributed by atoms with Crippen LogP contribution in [0.2, 0.25) is 0 Å².